The lowest BCUT2D eigenvalue weighted by Gasteiger charge is -2.22. The van der Waals surface area contributed by atoms with Gasteiger partial charge in [0.05, 0.1) is 12.8 Å². The molecule has 1 aliphatic carbocycles. The van der Waals surface area contributed by atoms with Gasteiger partial charge in [0, 0.05) is 26.1 Å². The highest BCUT2D eigenvalue weighted by atomic mass is 16.5. The first kappa shape index (κ1) is 13.0. The fraction of sp³-hybridized carbons (Fsp3) is 0.438. The molecule has 4 nitrogen and oxygen atoms in total. The molecule has 0 aliphatic heterocycles. The van der Waals surface area contributed by atoms with Crippen molar-refractivity contribution in [1.82, 2.24) is 5.16 Å². The molecule has 0 saturated heterocycles. The SMILES string of the molecule is COc1cccc(C2CCc3c(noc3N(C)C)C2)c1. The molecule has 1 aliphatic rings. The van der Waals surface area contributed by atoms with Crippen molar-refractivity contribution in [2.75, 3.05) is 26.1 Å². The average Bonchev–Trinajstić information content (AvgIpc) is 2.90. The summed E-state index contributed by atoms with van der Waals surface area (Å²) in [5, 5.41) is 4.25. The molecule has 1 heterocycles. The Bertz CT molecular complexity index is 604. The van der Waals surface area contributed by atoms with Gasteiger partial charge < -0.3 is 14.2 Å². The Labute approximate surface area is 119 Å². The number of rotatable bonds is 3. The van der Waals surface area contributed by atoms with Crippen molar-refractivity contribution in [2.45, 2.75) is 25.2 Å². The van der Waals surface area contributed by atoms with Gasteiger partial charge >= 0.3 is 0 Å². The van der Waals surface area contributed by atoms with Gasteiger partial charge in [-0.2, -0.15) is 0 Å². The van der Waals surface area contributed by atoms with E-state index in [0.29, 0.717) is 5.92 Å². The first-order valence-corrected chi connectivity index (χ1v) is 6.97. The Kier molecular flexibility index (Phi) is 3.38. The highest BCUT2D eigenvalue weighted by Gasteiger charge is 2.27. The van der Waals surface area contributed by atoms with Gasteiger partial charge in [-0.3, -0.25) is 0 Å². The van der Waals surface area contributed by atoms with Gasteiger partial charge in [0.2, 0.25) is 5.88 Å². The summed E-state index contributed by atoms with van der Waals surface area (Å²) in [7, 11) is 5.70. The Morgan fingerprint density at radius 3 is 2.95 bits per heavy atom. The number of aromatic nitrogens is 1. The van der Waals surface area contributed by atoms with Gasteiger partial charge in [0.1, 0.15) is 5.75 Å². The number of benzene rings is 1. The number of hydrogen-bond donors (Lipinski definition) is 0. The smallest absolute Gasteiger partial charge is 0.230 e. The minimum Gasteiger partial charge on any atom is -0.497 e. The maximum atomic E-state index is 5.46. The Balaban J connectivity index is 1.85. The fourth-order valence-electron chi connectivity index (χ4n) is 2.93. The first-order valence-electron chi connectivity index (χ1n) is 6.97. The van der Waals surface area contributed by atoms with Crippen LogP contribution in [0.15, 0.2) is 28.8 Å². The van der Waals surface area contributed by atoms with Gasteiger partial charge in [-0.1, -0.05) is 17.3 Å². The fourth-order valence-corrected chi connectivity index (χ4v) is 2.93. The molecule has 1 unspecified atom stereocenters. The zero-order chi connectivity index (χ0) is 14.1. The maximum absolute atomic E-state index is 5.46. The van der Waals surface area contributed by atoms with Crippen LogP contribution in [0.3, 0.4) is 0 Å². The molecular weight excluding hydrogens is 252 g/mol. The highest BCUT2D eigenvalue weighted by Crippen LogP contribution is 2.37. The van der Waals surface area contributed by atoms with Gasteiger partial charge in [0.25, 0.3) is 0 Å². The molecule has 20 heavy (non-hydrogen) atoms. The second kappa shape index (κ2) is 5.19. The molecule has 0 fully saturated rings. The van der Waals surface area contributed by atoms with Crippen LogP contribution >= 0.6 is 0 Å². The minimum atomic E-state index is 0.498. The molecular formula is C16H20N2O2. The second-order valence-corrected chi connectivity index (χ2v) is 5.52. The third kappa shape index (κ3) is 2.26. The maximum Gasteiger partial charge on any atom is 0.230 e. The molecule has 0 amide bonds. The summed E-state index contributed by atoms with van der Waals surface area (Å²) in [6, 6.07) is 8.34. The molecule has 1 aromatic carbocycles. The van der Waals surface area contributed by atoms with Crippen molar-refractivity contribution in [3.05, 3.63) is 41.1 Å². The highest BCUT2D eigenvalue weighted by molar-refractivity contribution is 5.47. The van der Waals surface area contributed by atoms with Crippen molar-refractivity contribution in [3.63, 3.8) is 0 Å². The van der Waals surface area contributed by atoms with Crippen LogP contribution in [0, 0.1) is 0 Å². The number of methoxy groups -OCH3 is 1. The van der Waals surface area contributed by atoms with Crippen LogP contribution in [0.2, 0.25) is 0 Å². The monoisotopic (exact) mass is 272 g/mol. The van der Waals surface area contributed by atoms with Crippen LogP contribution in [0.25, 0.3) is 0 Å². The first-order chi connectivity index (χ1) is 9.69. The van der Waals surface area contributed by atoms with Crippen molar-refractivity contribution < 1.29 is 9.26 Å². The largest absolute Gasteiger partial charge is 0.497 e. The molecule has 1 aromatic heterocycles. The summed E-state index contributed by atoms with van der Waals surface area (Å²) in [4.78, 5) is 2.00. The third-order valence-electron chi connectivity index (χ3n) is 4.00. The molecule has 2 aromatic rings. The summed E-state index contributed by atoms with van der Waals surface area (Å²) in [6.07, 6.45) is 3.09. The van der Waals surface area contributed by atoms with E-state index in [1.54, 1.807) is 7.11 Å². The molecule has 0 saturated carbocycles. The van der Waals surface area contributed by atoms with Gasteiger partial charge in [-0.25, -0.2) is 0 Å². The van der Waals surface area contributed by atoms with Crippen molar-refractivity contribution in [2.24, 2.45) is 0 Å². The van der Waals surface area contributed by atoms with E-state index in [4.69, 9.17) is 9.26 Å². The van der Waals surface area contributed by atoms with Crippen molar-refractivity contribution in [1.29, 1.82) is 0 Å². The Hall–Kier alpha value is -1.97. The summed E-state index contributed by atoms with van der Waals surface area (Å²) in [6.45, 7) is 0. The van der Waals surface area contributed by atoms with Crippen LogP contribution in [0.5, 0.6) is 5.75 Å². The lowest BCUT2D eigenvalue weighted by Crippen LogP contribution is -2.15. The second-order valence-electron chi connectivity index (χ2n) is 5.52. The molecule has 0 N–H and O–H groups in total. The lowest BCUT2D eigenvalue weighted by atomic mass is 9.83. The van der Waals surface area contributed by atoms with E-state index in [0.717, 1.165) is 36.6 Å². The molecule has 0 bridgehead atoms. The third-order valence-corrected chi connectivity index (χ3v) is 4.00. The lowest BCUT2D eigenvalue weighted by molar-refractivity contribution is 0.410. The topological polar surface area (TPSA) is 38.5 Å². The zero-order valence-corrected chi connectivity index (χ0v) is 12.2. The Morgan fingerprint density at radius 2 is 2.20 bits per heavy atom. The van der Waals surface area contributed by atoms with Crippen LogP contribution in [-0.2, 0) is 12.8 Å². The van der Waals surface area contributed by atoms with Crippen molar-refractivity contribution in [3.8, 4) is 5.75 Å². The molecule has 4 heteroatoms. The van der Waals surface area contributed by atoms with E-state index in [2.05, 4.69) is 23.4 Å². The summed E-state index contributed by atoms with van der Waals surface area (Å²) in [5.74, 6) is 2.32. The van der Waals surface area contributed by atoms with Crippen LogP contribution in [-0.4, -0.2) is 26.4 Å². The summed E-state index contributed by atoms with van der Waals surface area (Å²) >= 11 is 0. The van der Waals surface area contributed by atoms with E-state index < -0.39 is 0 Å². The molecule has 0 radical (unpaired) electrons. The zero-order valence-electron chi connectivity index (χ0n) is 12.2. The Morgan fingerprint density at radius 1 is 1.35 bits per heavy atom. The van der Waals surface area contributed by atoms with E-state index in [-0.39, 0.29) is 0 Å². The molecule has 3 rings (SSSR count). The number of anilines is 1. The summed E-state index contributed by atoms with van der Waals surface area (Å²) < 4.78 is 10.8. The van der Waals surface area contributed by atoms with Crippen molar-refractivity contribution >= 4 is 5.88 Å². The van der Waals surface area contributed by atoms with E-state index in [1.165, 1.54) is 11.1 Å². The minimum absolute atomic E-state index is 0.498. The van der Waals surface area contributed by atoms with E-state index in [9.17, 15) is 0 Å². The van der Waals surface area contributed by atoms with Gasteiger partial charge in [-0.05, 0) is 36.5 Å². The van der Waals surface area contributed by atoms with Gasteiger partial charge in [0.15, 0.2) is 0 Å². The summed E-state index contributed by atoms with van der Waals surface area (Å²) in [5.41, 5.74) is 3.70. The number of fused-ring (bicyclic) bond motifs is 1. The van der Waals surface area contributed by atoms with E-state index in [1.807, 2.05) is 25.1 Å². The number of nitrogens with zero attached hydrogens (tertiary/aromatic N) is 2. The standard InChI is InChI=1S/C16H20N2O2/c1-18(2)16-14-8-7-12(10-15(14)17-20-16)11-5-4-6-13(9-11)19-3/h4-6,9,12H,7-8,10H2,1-3H3. The van der Waals surface area contributed by atoms with Crippen LogP contribution in [0.4, 0.5) is 5.88 Å². The number of hydrogen-bond acceptors (Lipinski definition) is 4. The predicted octanol–water partition coefficient (Wildman–Crippen LogP) is 3.02. The molecule has 1 atom stereocenters. The molecule has 0 spiro atoms. The normalized spacial score (nSPS) is 17.6. The predicted molar refractivity (Wildman–Crippen MR) is 78.6 cm³/mol. The number of ether oxygens (including phenoxy) is 1. The molecule has 106 valence electrons. The van der Waals surface area contributed by atoms with Crippen LogP contribution < -0.4 is 9.64 Å². The van der Waals surface area contributed by atoms with Gasteiger partial charge in [-0.15, -0.1) is 0 Å². The quantitative estimate of drug-likeness (QED) is 0.861. The van der Waals surface area contributed by atoms with Crippen LogP contribution in [0.1, 0.15) is 29.2 Å². The van der Waals surface area contributed by atoms with E-state index >= 15 is 0 Å². The average molecular weight is 272 g/mol.